The number of nitriles is 1. The summed E-state index contributed by atoms with van der Waals surface area (Å²) < 4.78 is 5.89. The Morgan fingerprint density at radius 1 is 1.45 bits per heavy atom. The molecule has 1 N–H and O–H groups in total. The molecule has 1 aromatic carbocycles. The first-order chi connectivity index (χ1) is 9.69. The molecule has 0 saturated heterocycles. The van der Waals surface area contributed by atoms with Crippen LogP contribution < -0.4 is 5.32 Å². The van der Waals surface area contributed by atoms with Crippen molar-refractivity contribution in [2.24, 2.45) is 5.41 Å². The van der Waals surface area contributed by atoms with E-state index >= 15 is 0 Å². The SMILES string of the molecule is CCOC1CC(Nc2cc(C#N)ccc2C)C12CCC2. The van der Waals surface area contributed by atoms with Gasteiger partial charge in [0.1, 0.15) is 0 Å². The first-order valence-electron chi connectivity index (χ1n) is 7.58. The van der Waals surface area contributed by atoms with Gasteiger partial charge in [-0.05, 0) is 50.8 Å². The minimum Gasteiger partial charge on any atom is -0.381 e. The number of aryl methyl sites for hydroxylation is 1. The number of hydrogen-bond donors (Lipinski definition) is 1. The predicted molar refractivity (Wildman–Crippen MR) is 79.6 cm³/mol. The van der Waals surface area contributed by atoms with E-state index in [1.54, 1.807) is 0 Å². The molecule has 0 aliphatic heterocycles. The number of anilines is 1. The van der Waals surface area contributed by atoms with Crippen LogP contribution >= 0.6 is 0 Å². The maximum atomic E-state index is 9.03. The summed E-state index contributed by atoms with van der Waals surface area (Å²) in [4.78, 5) is 0. The lowest BCUT2D eigenvalue weighted by atomic mass is 9.51. The molecule has 0 heterocycles. The van der Waals surface area contributed by atoms with Gasteiger partial charge in [-0.2, -0.15) is 5.26 Å². The van der Waals surface area contributed by atoms with E-state index in [0.29, 0.717) is 17.6 Å². The topological polar surface area (TPSA) is 45.0 Å². The molecule has 2 fully saturated rings. The van der Waals surface area contributed by atoms with E-state index in [4.69, 9.17) is 10.00 Å². The monoisotopic (exact) mass is 270 g/mol. The van der Waals surface area contributed by atoms with E-state index in [2.05, 4.69) is 25.2 Å². The third-order valence-electron chi connectivity index (χ3n) is 5.13. The molecule has 20 heavy (non-hydrogen) atoms. The fourth-order valence-electron chi connectivity index (χ4n) is 3.68. The molecule has 2 unspecified atom stereocenters. The van der Waals surface area contributed by atoms with Crippen molar-refractivity contribution in [1.82, 2.24) is 0 Å². The summed E-state index contributed by atoms with van der Waals surface area (Å²) in [5.74, 6) is 0. The van der Waals surface area contributed by atoms with Gasteiger partial charge in [-0.3, -0.25) is 0 Å². The van der Waals surface area contributed by atoms with Crippen molar-refractivity contribution in [1.29, 1.82) is 5.26 Å². The standard InChI is InChI=1S/C17H22N2O/c1-3-20-16-10-15(17(16)7-4-8-17)19-14-9-13(11-18)6-5-12(14)2/h5-6,9,15-16,19H,3-4,7-8,10H2,1-2H3. The number of hydrogen-bond acceptors (Lipinski definition) is 3. The Kier molecular flexibility index (Phi) is 3.43. The Labute approximate surface area is 120 Å². The highest BCUT2D eigenvalue weighted by molar-refractivity contribution is 5.56. The van der Waals surface area contributed by atoms with Gasteiger partial charge in [-0.25, -0.2) is 0 Å². The molecule has 1 spiro atoms. The second kappa shape index (κ2) is 5.10. The molecule has 1 aromatic rings. The zero-order valence-corrected chi connectivity index (χ0v) is 12.3. The van der Waals surface area contributed by atoms with Crippen LogP contribution in [0.3, 0.4) is 0 Å². The molecule has 0 radical (unpaired) electrons. The van der Waals surface area contributed by atoms with Crippen molar-refractivity contribution in [2.75, 3.05) is 11.9 Å². The van der Waals surface area contributed by atoms with Gasteiger partial charge in [0.05, 0.1) is 17.7 Å². The van der Waals surface area contributed by atoms with E-state index in [0.717, 1.165) is 24.3 Å². The van der Waals surface area contributed by atoms with Gasteiger partial charge in [-0.15, -0.1) is 0 Å². The highest BCUT2D eigenvalue weighted by atomic mass is 16.5. The Balaban J connectivity index is 1.75. The van der Waals surface area contributed by atoms with Crippen molar-refractivity contribution in [3.63, 3.8) is 0 Å². The van der Waals surface area contributed by atoms with Crippen LogP contribution in [-0.4, -0.2) is 18.8 Å². The Hall–Kier alpha value is -1.53. The van der Waals surface area contributed by atoms with Crippen molar-refractivity contribution >= 4 is 5.69 Å². The minimum atomic E-state index is 0.352. The van der Waals surface area contributed by atoms with E-state index in [1.165, 1.54) is 24.8 Å². The summed E-state index contributed by atoms with van der Waals surface area (Å²) in [6.45, 7) is 4.98. The maximum absolute atomic E-state index is 9.03. The third kappa shape index (κ3) is 1.99. The molecule has 0 amide bonds. The summed E-state index contributed by atoms with van der Waals surface area (Å²) in [5.41, 5.74) is 3.39. The zero-order valence-electron chi connectivity index (χ0n) is 12.3. The largest absolute Gasteiger partial charge is 0.381 e. The fourth-order valence-corrected chi connectivity index (χ4v) is 3.68. The highest BCUT2D eigenvalue weighted by Gasteiger charge is 2.58. The van der Waals surface area contributed by atoms with Crippen LogP contribution in [0.2, 0.25) is 0 Å². The summed E-state index contributed by atoms with van der Waals surface area (Å²) in [5, 5.41) is 12.7. The van der Waals surface area contributed by atoms with Crippen molar-refractivity contribution < 1.29 is 4.74 Å². The molecule has 3 nitrogen and oxygen atoms in total. The summed E-state index contributed by atoms with van der Waals surface area (Å²) in [6.07, 6.45) is 5.38. The molecule has 106 valence electrons. The predicted octanol–water partition coefficient (Wildman–Crippen LogP) is 3.63. The third-order valence-corrected chi connectivity index (χ3v) is 5.13. The van der Waals surface area contributed by atoms with Crippen molar-refractivity contribution in [3.05, 3.63) is 29.3 Å². The number of benzene rings is 1. The van der Waals surface area contributed by atoms with Gasteiger partial charge in [0.25, 0.3) is 0 Å². The average Bonchev–Trinajstić information content (AvgIpc) is 2.37. The lowest BCUT2D eigenvalue weighted by Crippen LogP contribution is -2.64. The van der Waals surface area contributed by atoms with Crippen LogP contribution in [0.5, 0.6) is 0 Å². The lowest BCUT2D eigenvalue weighted by molar-refractivity contribution is -0.157. The molecule has 2 atom stereocenters. The molecule has 3 heteroatoms. The number of ether oxygens (including phenoxy) is 1. The summed E-state index contributed by atoms with van der Waals surface area (Å²) in [6, 6.07) is 8.58. The quantitative estimate of drug-likeness (QED) is 0.908. The number of nitrogens with zero attached hydrogens (tertiary/aromatic N) is 1. The first-order valence-corrected chi connectivity index (χ1v) is 7.58. The van der Waals surface area contributed by atoms with Crippen LogP contribution in [-0.2, 0) is 4.74 Å². The van der Waals surface area contributed by atoms with E-state index in [1.807, 2.05) is 18.2 Å². The maximum Gasteiger partial charge on any atom is 0.0992 e. The normalized spacial score (nSPS) is 26.4. The van der Waals surface area contributed by atoms with Gasteiger partial charge in [0, 0.05) is 23.8 Å². The molecular formula is C17H22N2O. The first kappa shape index (κ1) is 13.5. The minimum absolute atomic E-state index is 0.352. The van der Waals surface area contributed by atoms with E-state index in [9.17, 15) is 0 Å². The van der Waals surface area contributed by atoms with Crippen LogP contribution in [0.25, 0.3) is 0 Å². The van der Waals surface area contributed by atoms with Gasteiger partial charge in [0.15, 0.2) is 0 Å². The molecule has 0 aromatic heterocycles. The Bertz CT molecular complexity index is 542. The highest BCUT2D eigenvalue weighted by Crippen LogP contribution is 2.58. The van der Waals surface area contributed by atoms with Crippen LogP contribution in [0.1, 0.15) is 43.7 Å². The van der Waals surface area contributed by atoms with Crippen LogP contribution in [0.4, 0.5) is 5.69 Å². The molecule has 0 bridgehead atoms. The molecule has 2 aliphatic rings. The lowest BCUT2D eigenvalue weighted by Gasteiger charge is -2.61. The number of rotatable bonds is 4. The molecule has 3 rings (SSSR count). The summed E-state index contributed by atoms with van der Waals surface area (Å²) in [7, 11) is 0. The second-order valence-electron chi connectivity index (χ2n) is 6.10. The average molecular weight is 270 g/mol. The molecular weight excluding hydrogens is 248 g/mol. The van der Waals surface area contributed by atoms with E-state index in [-0.39, 0.29) is 0 Å². The number of nitrogens with one attached hydrogen (secondary N) is 1. The van der Waals surface area contributed by atoms with Crippen LogP contribution in [0, 0.1) is 23.7 Å². The van der Waals surface area contributed by atoms with Gasteiger partial charge in [0.2, 0.25) is 0 Å². The Morgan fingerprint density at radius 3 is 2.85 bits per heavy atom. The summed E-state index contributed by atoms with van der Waals surface area (Å²) >= 11 is 0. The fraction of sp³-hybridized carbons (Fsp3) is 0.588. The van der Waals surface area contributed by atoms with Crippen molar-refractivity contribution in [3.8, 4) is 6.07 Å². The smallest absolute Gasteiger partial charge is 0.0992 e. The zero-order chi connectivity index (χ0) is 14.2. The van der Waals surface area contributed by atoms with Gasteiger partial charge in [-0.1, -0.05) is 12.5 Å². The molecule has 2 aliphatic carbocycles. The van der Waals surface area contributed by atoms with E-state index < -0.39 is 0 Å². The Morgan fingerprint density at radius 2 is 2.25 bits per heavy atom. The molecule has 2 saturated carbocycles. The van der Waals surface area contributed by atoms with Gasteiger partial charge >= 0.3 is 0 Å². The van der Waals surface area contributed by atoms with Crippen molar-refractivity contribution in [2.45, 2.75) is 51.7 Å². The van der Waals surface area contributed by atoms with Gasteiger partial charge < -0.3 is 10.1 Å². The second-order valence-corrected chi connectivity index (χ2v) is 6.10. The van der Waals surface area contributed by atoms with Crippen LogP contribution in [0.15, 0.2) is 18.2 Å².